The summed E-state index contributed by atoms with van der Waals surface area (Å²) in [7, 11) is 0. The fourth-order valence-corrected chi connectivity index (χ4v) is 2.66. The molecular weight excluding hydrogens is 212 g/mol. The van der Waals surface area contributed by atoms with Crippen LogP contribution in [0.5, 0.6) is 0 Å². The lowest BCUT2D eigenvalue weighted by molar-refractivity contribution is 0.279. The van der Waals surface area contributed by atoms with Crippen LogP contribution >= 0.6 is 0 Å². The van der Waals surface area contributed by atoms with Gasteiger partial charge in [-0.25, -0.2) is 0 Å². The van der Waals surface area contributed by atoms with E-state index in [1.807, 2.05) is 0 Å². The third-order valence-electron chi connectivity index (χ3n) is 3.55. The van der Waals surface area contributed by atoms with Crippen molar-refractivity contribution in [3.05, 3.63) is 29.8 Å². The standard InChI is InChI=1S/C14H22N2O/c15-11-12-4-1-5-14(10-12)16-8-2-6-13(16)7-3-9-17/h1,4-5,10,13,17H,2-3,6-9,11,15H2. The topological polar surface area (TPSA) is 49.5 Å². The number of aliphatic hydroxyl groups excluding tert-OH is 1. The lowest BCUT2D eigenvalue weighted by Gasteiger charge is -2.27. The minimum Gasteiger partial charge on any atom is -0.396 e. The lowest BCUT2D eigenvalue weighted by atomic mass is 10.1. The van der Waals surface area contributed by atoms with Crippen LogP contribution < -0.4 is 10.6 Å². The maximum absolute atomic E-state index is 8.93. The van der Waals surface area contributed by atoms with Crippen molar-refractivity contribution in [2.24, 2.45) is 5.73 Å². The van der Waals surface area contributed by atoms with Crippen LogP contribution in [0.2, 0.25) is 0 Å². The van der Waals surface area contributed by atoms with E-state index in [1.165, 1.54) is 24.1 Å². The number of nitrogens with two attached hydrogens (primary N) is 1. The van der Waals surface area contributed by atoms with E-state index < -0.39 is 0 Å². The van der Waals surface area contributed by atoms with Gasteiger partial charge in [-0.1, -0.05) is 12.1 Å². The highest BCUT2D eigenvalue weighted by atomic mass is 16.2. The van der Waals surface area contributed by atoms with Crippen molar-refractivity contribution in [1.29, 1.82) is 0 Å². The van der Waals surface area contributed by atoms with E-state index in [2.05, 4.69) is 29.2 Å². The van der Waals surface area contributed by atoms with Crippen LogP contribution in [0.25, 0.3) is 0 Å². The average molecular weight is 234 g/mol. The van der Waals surface area contributed by atoms with Crippen LogP contribution in [0.1, 0.15) is 31.2 Å². The van der Waals surface area contributed by atoms with E-state index in [9.17, 15) is 0 Å². The molecule has 0 bridgehead atoms. The van der Waals surface area contributed by atoms with Gasteiger partial charge >= 0.3 is 0 Å². The van der Waals surface area contributed by atoms with Crippen molar-refractivity contribution < 1.29 is 5.11 Å². The van der Waals surface area contributed by atoms with Crippen LogP contribution in [0.4, 0.5) is 5.69 Å². The second-order valence-corrected chi connectivity index (χ2v) is 4.73. The first-order valence-corrected chi connectivity index (χ1v) is 6.51. The van der Waals surface area contributed by atoms with Crippen LogP contribution in [0.3, 0.4) is 0 Å². The third kappa shape index (κ3) is 2.99. The van der Waals surface area contributed by atoms with Crippen molar-refractivity contribution >= 4 is 5.69 Å². The largest absolute Gasteiger partial charge is 0.396 e. The molecule has 1 atom stereocenters. The quantitative estimate of drug-likeness (QED) is 0.818. The van der Waals surface area contributed by atoms with Gasteiger partial charge in [-0.2, -0.15) is 0 Å². The molecule has 17 heavy (non-hydrogen) atoms. The number of benzene rings is 1. The third-order valence-corrected chi connectivity index (χ3v) is 3.55. The van der Waals surface area contributed by atoms with Gasteiger partial charge in [0.25, 0.3) is 0 Å². The molecule has 1 fully saturated rings. The van der Waals surface area contributed by atoms with Crippen LogP contribution in [0, 0.1) is 0 Å². The lowest BCUT2D eigenvalue weighted by Crippen LogP contribution is -2.29. The van der Waals surface area contributed by atoms with Gasteiger partial charge in [-0.15, -0.1) is 0 Å². The van der Waals surface area contributed by atoms with Gasteiger partial charge < -0.3 is 15.7 Å². The summed E-state index contributed by atoms with van der Waals surface area (Å²) in [4.78, 5) is 2.47. The molecule has 1 aliphatic rings. The smallest absolute Gasteiger partial charge is 0.0431 e. The van der Waals surface area contributed by atoms with Crippen molar-refractivity contribution in [1.82, 2.24) is 0 Å². The van der Waals surface area contributed by atoms with Gasteiger partial charge in [0.1, 0.15) is 0 Å². The first-order valence-electron chi connectivity index (χ1n) is 6.51. The number of hydrogen-bond donors (Lipinski definition) is 2. The first-order chi connectivity index (χ1) is 8.35. The van der Waals surface area contributed by atoms with Crippen LogP contribution in [0.15, 0.2) is 24.3 Å². The predicted molar refractivity (Wildman–Crippen MR) is 71.0 cm³/mol. The summed E-state index contributed by atoms with van der Waals surface area (Å²) >= 11 is 0. The normalized spacial score (nSPS) is 19.9. The summed E-state index contributed by atoms with van der Waals surface area (Å²) in [6, 6.07) is 9.10. The Morgan fingerprint density at radius 1 is 1.41 bits per heavy atom. The molecule has 0 radical (unpaired) electrons. The Hall–Kier alpha value is -1.06. The SMILES string of the molecule is NCc1cccc(N2CCCC2CCCO)c1. The molecule has 94 valence electrons. The summed E-state index contributed by atoms with van der Waals surface area (Å²) in [6.45, 7) is 2.03. The molecule has 1 heterocycles. The molecule has 0 aliphatic carbocycles. The van der Waals surface area contributed by atoms with E-state index in [1.54, 1.807) is 0 Å². The van der Waals surface area contributed by atoms with Crippen LogP contribution in [-0.4, -0.2) is 24.3 Å². The molecule has 3 nitrogen and oxygen atoms in total. The highest BCUT2D eigenvalue weighted by molar-refractivity contribution is 5.50. The Morgan fingerprint density at radius 3 is 3.06 bits per heavy atom. The molecule has 1 saturated heterocycles. The molecule has 0 spiro atoms. The first kappa shape index (κ1) is 12.4. The molecule has 0 aromatic heterocycles. The van der Waals surface area contributed by atoms with Crippen molar-refractivity contribution in [3.8, 4) is 0 Å². The van der Waals surface area contributed by atoms with Crippen molar-refractivity contribution in [2.75, 3.05) is 18.1 Å². The Labute approximate surface area is 103 Å². The van der Waals surface area contributed by atoms with Crippen molar-refractivity contribution in [3.63, 3.8) is 0 Å². The highest BCUT2D eigenvalue weighted by Gasteiger charge is 2.24. The Morgan fingerprint density at radius 2 is 2.29 bits per heavy atom. The van der Waals surface area contributed by atoms with Gasteiger partial charge in [-0.3, -0.25) is 0 Å². The molecule has 2 rings (SSSR count). The maximum atomic E-state index is 8.93. The molecule has 1 unspecified atom stereocenters. The summed E-state index contributed by atoms with van der Waals surface area (Å²) in [5, 5.41) is 8.93. The monoisotopic (exact) mass is 234 g/mol. The summed E-state index contributed by atoms with van der Waals surface area (Å²) in [5.74, 6) is 0. The number of aliphatic hydroxyl groups is 1. The number of hydrogen-bond acceptors (Lipinski definition) is 3. The Bertz CT molecular complexity index is 354. The zero-order chi connectivity index (χ0) is 12.1. The molecular formula is C14H22N2O. The molecule has 1 aliphatic heterocycles. The zero-order valence-electron chi connectivity index (χ0n) is 10.3. The van der Waals surface area contributed by atoms with Gasteiger partial charge in [0.05, 0.1) is 0 Å². The molecule has 1 aromatic carbocycles. The number of nitrogens with zero attached hydrogens (tertiary/aromatic N) is 1. The Balaban J connectivity index is 2.08. The maximum Gasteiger partial charge on any atom is 0.0431 e. The van der Waals surface area contributed by atoms with E-state index in [0.29, 0.717) is 19.2 Å². The van der Waals surface area contributed by atoms with Crippen LogP contribution in [-0.2, 0) is 6.54 Å². The summed E-state index contributed by atoms with van der Waals surface area (Å²) in [6.07, 6.45) is 4.48. The number of rotatable bonds is 5. The highest BCUT2D eigenvalue weighted by Crippen LogP contribution is 2.28. The summed E-state index contributed by atoms with van der Waals surface area (Å²) < 4.78 is 0. The van der Waals surface area contributed by atoms with E-state index in [0.717, 1.165) is 19.4 Å². The summed E-state index contributed by atoms with van der Waals surface area (Å²) in [5.41, 5.74) is 8.16. The fraction of sp³-hybridized carbons (Fsp3) is 0.571. The fourth-order valence-electron chi connectivity index (χ4n) is 2.66. The molecule has 1 aromatic rings. The minimum absolute atomic E-state index is 0.299. The van der Waals surface area contributed by atoms with Gasteiger partial charge in [-0.05, 0) is 43.4 Å². The minimum atomic E-state index is 0.299. The second kappa shape index (κ2) is 6.03. The van der Waals surface area contributed by atoms with E-state index in [4.69, 9.17) is 10.8 Å². The van der Waals surface area contributed by atoms with Gasteiger partial charge in [0.15, 0.2) is 0 Å². The van der Waals surface area contributed by atoms with E-state index >= 15 is 0 Å². The predicted octanol–water partition coefficient (Wildman–Crippen LogP) is 1.89. The molecule has 3 heteroatoms. The molecule has 0 amide bonds. The number of anilines is 1. The van der Waals surface area contributed by atoms with E-state index in [-0.39, 0.29) is 0 Å². The molecule has 0 saturated carbocycles. The van der Waals surface area contributed by atoms with Gasteiger partial charge in [0.2, 0.25) is 0 Å². The average Bonchev–Trinajstić information content (AvgIpc) is 2.84. The van der Waals surface area contributed by atoms with Crippen molar-refractivity contribution in [2.45, 2.75) is 38.3 Å². The molecule has 3 N–H and O–H groups in total. The second-order valence-electron chi connectivity index (χ2n) is 4.73. The Kier molecular flexibility index (Phi) is 4.40. The van der Waals surface area contributed by atoms with Gasteiger partial charge in [0, 0.05) is 31.4 Å². The zero-order valence-corrected chi connectivity index (χ0v) is 10.3.